The van der Waals surface area contributed by atoms with Gasteiger partial charge in [0.2, 0.25) is 0 Å². The summed E-state index contributed by atoms with van der Waals surface area (Å²) in [6, 6.07) is 7.18. The van der Waals surface area contributed by atoms with Crippen LogP contribution in [0.2, 0.25) is 0 Å². The predicted octanol–water partition coefficient (Wildman–Crippen LogP) is 4.03. The quantitative estimate of drug-likeness (QED) is 0.223. The van der Waals surface area contributed by atoms with Crippen LogP contribution in [0.15, 0.2) is 55.2 Å². The van der Waals surface area contributed by atoms with Gasteiger partial charge < -0.3 is 26.6 Å². The lowest BCUT2D eigenvalue weighted by Gasteiger charge is -2.30. The lowest BCUT2D eigenvalue weighted by molar-refractivity contribution is 0.102. The Balaban J connectivity index is 1.13. The van der Waals surface area contributed by atoms with Crippen LogP contribution in [0.4, 0.5) is 32.1 Å². The topological polar surface area (TPSA) is 150 Å². The molecule has 2 saturated carbocycles. The normalized spacial score (nSPS) is 18.6. The first kappa shape index (κ1) is 25.5. The minimum Gasteiger partial charge on any atom is -0.379 e. The van der Waals surface area contributed by atoms with Crippen molar-refractivity contribution >= 4 is 40.5 Å². The number of hydrogen-bond acceptors (Lipinski definition) is 8. The van der Waals surface area contributed by atoms with Gasteiger partial charge in [0.05, 0.1) is 35.7 Å². The Kier molecular flexibility index (Phi) is 7.08. The maximum Gasteiger partial charge on any atom is 0.319 e. The van der Waals surface area contributed by atoms with Crippen molar-refractivity contribution in [1.29, 1.82) is 0 Å². The van der Waals surface area contributed by atoms with Crippen LogP contribution < -0.4 is 26.6 Å². The fourth-order valence-corrected chi connectivity index (χ4v) is 4.79. The zero-order valence-electron chi connectivity index (χ0n) is 21.6. The van der Waals surface area contributed by atoms with Crippen LogP contribution >= 0.6 is 0 Å². The van der Waals surface area contributed by atoms with E-state index in [-0.39, 0.29) is 29.5 Å². The SMILES string of the molecule is O=C(Nc1cccnc1)NC1CCC(Nc2cc(NC3CC3)c3ncc(C(=O)Nc4ccncc4F)n3n2)CC1. The Hall–Kier alpha value is -4.81. The summed E-state index contributed by atoms with van der Waals surface area (Å²) >= 11 is 0. The molecule has 12 nitrogen and oxygen atoms in total. The fraction of sp³-hybridized carbons (Fsp3) is 0.333. The smallest absolute Gasteiger partial charge is 0.319 e. The van der Waals surface area contributed by atoms with Crippen molar-refractivity contribution in [1.82, 2.24) is 29.9 Å². The average Bonchev–Trinajstić information content (AvgIpc) is 3.66. The Labute approximate surface area is 229 Å². The molecule has 2 fully saturated rings. The van der Waals surface area contributed by atoms with E-state index in [1.165, 1.54) is 23.0 Å². The molecule has 3 amide bonds. The molecular weight excluding hydrogens is 515 g/mol. The minimum absolute atomic E-state index is 0.0278. The summed E-state index contributed by atoms with van der Waals surface area (Å²) in [4.78, 5) is 37.6. The van der Waals surface area contributed by atoms with E-state index in [9.17, 15) is 14.0 Å². The highest BCUT2D eigenvalue weighted by Crippen LogP contribution is 2.30. The molecule has 206 valence electrons. The molecule has 2 aliphatic carbocycles. The molecule has 4 heterocycles. The number of aromatic nitrogens is 5. The van der Waals surface area contributed by atoms with Gasteiger partial charge in [-0.2, -0.15) is 0 Å². The number of hydrogen-bond donors (Lipinski definition) is 5. The maximum absolute atomic E-state index is 14.1. The molecule has 0 bridgehead atoms. The van der Waals surface area contributed by atoms with Gasteiger partial charge >= 0.3 is 6.03 Å². The highest BCUT2D eigenvalue weighted by atomic mass is 19.1. The van der Waals surface area contributed by atoms with Crippen molar-refractivity contribution in [3.63, 3.8) is 0 Å². The van der Waals surface area contributed by atoms with E-state index in [1.54, 1.807) is 24.5 Å². The Bertz CT molecular complexity index is 1520. The molecule has 0 aromatic carbocycles. The number of anilines is 4. The number of urea groups is 1. The molecule has 40 heavy (non-hydrogen) atoms. The molecule has 0 unspecified atom stereocenters. The van der Waals surface area contributed by atoms with Crippen LogP contribution in [0.3, 0.4) is 0 Å². The van der Waals surface area contributed by atoms with Gasteiger partial charge in [-0.1, -0.05) is 0 Å². The molecule has 5 N–H and O–H groups in total. The summed E-state index contributed by atoms with van der Waals surface area (Å²) < 4.78 is 15.6. The molecule has 0 saturated heterocycles. The van der Waals surface area contributed by atoms with Crippen molar-refractivity contribution in [2.75, 3.05) is 21.3 Å². The number of nitrogens with one attached hydrogen (secondary N) is 5. The van der Waals surface area contributed by atoms with Gasteiger partial charge in [-0.25, -0.2) is 18.7 Å². The first-order valence-corrected chi connectivity index (χ1v) is 13.3. The van der Waals surface area contributed by atoms with Gasteiger partial charge in [-0.3, -0.25) is 14.8 Å². The third-order valence-electron chi connectivity index (χ3n) is 6.99. The summed E-state index contributed by atoms with van der Waals surface area (Å²) in [5.41, 5.74) is 2.15. The number of rotatable bonds is 8. The van der Waals surface area contributed by atoms with Gasteiger partial charge in [0.25, 0.3) is 5.91 Å². The van der Waals surface area contributed by atoms with Gasteiger partial charge in [-0.05, 0) is 56.7 Å². The molecule has 0 spiro atoms. The maximum atomic E-state index is 14.1. The number of imidazole rings is 1. The molecule has 6 rings (SSSR count). The van der Waals surface area contributed by atoms with Crippen LogP contribution in [-0.2, 0) is 0 Å². The summed E-state index contributed by atoms with van der Waals surface area (Å²) in [7, 11) is 0. The van der Waals surface area contributed by atoms with Gasteiger partial charge in [0.1, 0.15) is 5.82 Å². The Morgan fingerprint density at radius 1 is 0.850 bits per heavy atom. The summed E-state index contributed by atoms with van der Waals surface area (Å²) in [6.45, 7) is 0. The summed E-state index contributed by atoms with van der Waals surface area (Å²) in [6.07, 6.45) is 12.6. The van der Waals surface area contributed by atoms with Crippen LogP contribution in [0.25, 0.3) is 5.65 Å². The van der Waals surface area contributed by atoms with Gasteiger partial charge in [-0.15, -0.1) is 5.10 Å². The van der Waals surface area contributed by atoms with Crippen molar-refractivity contribution < 1.29 is 14.0 Å². The monoisotopic (exact) mass is 544 g/mol. The van der Waals surface area contributed by atoms with Crippen molar-refractivity contribution in [3.8, 4) is 0 Å². The summed E-state index contributed by atoms with van der Waals surface area (Å²) in [5.74, 6) is -0.560. The first-order chi connectivity index (χ1) is 19.5. The second-order valence-corrected chi connectivity index (χ2v) is 10.1. The molecular formula is C27H29FN10O2. The van der Waals surface area contributed by atoms with Gasteiger partial charge in [0, 0.05) is 36.6 Å². The molecule has 0 aliphatic heterocycles. The number of carbonyl (C=O) groups excluding carboxylic acids is 2. The first-order valence-electron chi connectivity index (χ1n) is 13.3. The van der Waals surface area contributed by atoms with Crippen molar-refractivity contribution in [2.45, 2.75) is 56.7 Å². The largest absolute Gasteiger partial charge is 0.379 e. The van der Waals surface area contributed by atoms with Gasteiger partial charge in [0.15, 0.2) is 17.2 Å². The number of amides is 3. The Morgan fingerprint density at radius 2 is 1.60 bits per heavy atom. The van der Waals surface area contributed by atoms with Crippen molar-refractivity contribution in [2.24, 2.45) is 0 Å². The number of halogens is 1. The number of nitrogens with zero attached hydrogens (tertiary/aromatic N) is 5. The molecule has 2 aliphatic rings. The summed E-state index contributed by atoms with van der Waals surface area (Å²) in [5, 5.41) is 20.1. The van der Waals surface area contributed by atoms with Crippen molar-refractivity contribution in [3.05, 3.63) is 66.8 Å². The lowest BCUT2D eigenvalue weighted by atomic mass is 9.91. The molecule has 13 heteroatoms. The Morgan fingerprint density at radius 3 is 2.35 bits per heavy atom. The van der Waals surface area contributed by atoms with E-state index in [0.29, 0.717) is 23.2 Å². The highest BCUT2D eigenvalue weighted by molar-refractivity contribution is 6.03. The third kappa shape index (κ3) is 5.92. The van der Waals surface area contributed by atoms with E-state index in [4.69, 9.17) is 0 Å². The molecule has 0 radical (unpaired) electrons. The van der Waals surface area contributed by atoms with Crippen LogP contribution in [0.1, 0.15) is 49.0 Å². The standard InChI is InChI=1S/C27H29FN10O2/c28-20-14-30-11-9-21(20)36-26(39)23-15-31-25-22(32-16-3-4-16)12-24(37-38(23)25)33-17-5-7-18(8-6-17)34-27(40)35-19-2-1-10-29-13-19/h1-2,9-18,32H,3-8H2,(H,33,37)(H,30,36,39)(H2,34,35,40). The van der Waals surface area contributed by atoms with Crippen LogP contribution in [0.5, 0.6) is 0 Å². The second kappa shape index (κ2) is 11.1. The lowest BCUT2D eigenvalue weighted by Crippen LogP contribution is -2.42. The van der Waals surface area contributed by atoms with Crippen LogP contribution in [-0.4, -0.2) is 54.6 Å². The van der Waals surface area contributed by atoms with E-state index in [2.05, 4.69) is 46.6 Å². The van der Waals surface area contributed by atoms with E-state index in [0.717, 1.165) is 50.4 Å². The van der Waals surface area contributed by atoms with E-state index < -0.39 is 11.7 Å². The second-order valence-electron chi connectivity index (χ2n) is 10.1. The zero-order chi connectivity index (χ0) is 27.5. The predicted molar refractivity (Wildman–Crippen MR) is 148 cm³/mol. The number of pyridine rings is 2. The van der Waals surface area contributed by atoms with E-state index in [1.807, 2.05) is 6.07 Å². The minimum atomic E-state index is -0.629. The highest BCUT2D eigenvalue weighted by Gasteiger charge is 2.26. The third-order valence-corrected chi connectivity index (χ3v) is 6.99. The number of carbonyl (C=O) groups is 2. The molecule has 4 aromatic heterocycles. The average molecular weight is 545 g/mol. The van der Waals surface area contributed by atoms with E-state index >= 15 is 0 Å². The molecule has 0 atom stereocenters. The fourth-order valence-electron chi connectivity index (χ4n) is 4.79. The molecule has 4 aromatic rings. The van der Waals surface area contributed by atoms with Crippen LogP contribution in [0, 0.1) is 5.82 Å². The number of fused-ring (bicyclic) bond motifs is 1. The zero-order valence-corrected chi connectivity index (χ0v) is 21.6.